The molecule has 18 heavy (non-hydrogen) atoms. The first kappa shape index (κ1) is 14.0. The molecule has 1 unspecified atom stereocenters. The van der Waals surface area contributed by atoms with Gasteiger partial charge < -0.3 is 10.6 Å². The van der Waals surface area contributed by atoms with Gasteiger partial charge in [-0.25, -0.2) is 4.39 Å². The van der Waals surface area contributed by atoms with E-state index in [9.17, 15) is 4.39 Å². The van der Waals surface area contributed by atoms with Crippen LogP contribution in [0.1, 0.15) is 30.9 Å². The van der Waals surface area contributed by atoms with Crippen LogP contribution in [0.4, 0.5) is 4.39 Å². The molecule has 2 rings (SSSR count). The van der Waals surface area contributed by atoms with Gasteiger partial charge in [0.25, 0.3) is 0 Å². The van der Waals surface area contributed by atoms with Crippen molar-refractivity contribution in [3.8, 4) is 0 Å². The number of piperidine rings is 1. The van der Waals surface area contributed by atoms with E-state index in [4.69, 9.17) is 0 Å². The average molecular weight is 315 g/mol. The van der Waals surface area contributed by atoms with E-state index in [0.717, 1.165) is 29.5 Å². The van der Waals surface area contributed by atoms with Crippen LogP contribution in [-0.4, -0.2) is 20.1 Å². The lowest BCUT2D eigenvalue weighted by Gasteiger charge is -2.27. The molecule has 1 heterocycles. The smallest absolute Gasteiger partial charge is 0.128 e. The number of halogens is 2. The third-order valence-electron chi connectivity index (χ3n) is 3.71. The Morgan fingerprint density at radius 1 is 1.44 bits per heavy atom. The second-order valence-corrected chi connectivity index (χ2v) is 5.85. The van der Waals surface area contributed by atoms with E-state index in [1.807, 2.05) is 13.1 Å². The standard InChI is InChI=1S/C14H20BrFN2/c1-17-14(8-10-4-6-18-7-5-10)12-9-11(15)2-3-13(12)16/h2-3,9-10,14,17-18H,4-8H2,1H3. The van der Waals surface area contributed by atoms with Crippen LogP contribution >= 0.6 is 15.9 Å². The molecule has 100 valence electrons. The molecule has 1 aliphatic rings. The molecule has 0 aliphatic carbocycles. The van der Waals surface area contributed by atoms with Gasteiger partial charge in [-0.3, -0.25) is 0 Å². The summed E-state index contributed by atoms with van der Waals surface area (Å²) in [6.45, 7) is 2.17. The predicted octanol–water partition coefficient (Wildman–Crippen LogP) is 3.24. The van der Waals surface area contributed by atoms with E-state index in [2.05, 4.69) is 26.6 Å². The Bertz CT molecular complexity index is 391. The molecule has 1 atom stereocenters. The molecule has 1 aromatic carbocycles. The zero-order valence-electron chi connectivity index (χ0n) is 10.7. The lowest BCUT2D eigenvalue weighted by molar-refractivity contribution is 0.315. The molecule has 2 N–H and O–H groups in total. The third kappa shape index (κ3) is 3.53. The second-order valence-electron chi connectivity index (χ2n) is 4.94. The van der Waals surface area contributed by atoms with Gasteiger partial charge in [-0.2, -0.15) is 0 Å². The third-order valence-corrected chi connectivity index (χ3v) is 4.20. The highest BCUT2D eigenvalue weighted by atomic mass is 79.9. The van der Waals surface area contributed by atoms with Crippen LogP contribution in [0.3, 0.4) is 0 Å². The van der Waals surface area contributed by atoms with E-state index >= 15 is 0 Å². The average Bonchev–Trinajstić information content (AvgIpc) is 2.40. The van der Waals surface area contributed by atoms with Crippen LogP contribution in [0.25, 0.3) is 0 Å². The molecule has 0 amide bonds. The summed E-state index contributed by atoms with van der Waals surface area (Å²) in [6, 6.07) is 5.27. The Balaban J connectivity index is 2.09. The molecule has 1 fully saturated rings. The van der Waals surface area contributed by atoms with Gasteiger partial charge >= 0.3 is 0 Å². The van der Waals surface area contributed by atoms with Crippen LogP contribution in [-0.2, 0) is 0 Å². The normalized spacial score (nSPS) is 18.8. The molecule has 1 aromatic rings. The zero-order valence-corrected chi connectivity index (χ0v) is 12.3. The van der Waals surface area contributed by atoms with Crippen molar-refractivity contribution in [1.82, 2.24) is 10.6 Å². The molecule has 0 saturated carbocycles. The first-order chi connectivity index (χ1) is 8.70. The number of nitrogens with one attached hydrogen (secondary N) is 2. The highest BCUT2D eigenvalue weighted by molar-refractivity contribution is 9.10. The van der Waals surface area contributed by atoms with E-state index in [1.165, 1.54) is 18.9 Å². The van der Waals surface area contributed by atoms with E-state index in [1.54, 1.807) is 6.07 Å². The summed E-state index contributed by atoms with van der Waals surface area (Å²) in [7, 11) is 1.91. The van der Waals surface area contributed by atoms with E-state index in [-0.39, 0.29) is 11.9 Å². The first-order valence-electron chi connectivity index (χ1n) is 6.53. The molecule has 4 heteroatoms. The summed E-state index contributed by atoms with van der Waals surface area (Å²) in [5.41, 5.74) is 0.769. The fraction of sp³-hybridized carbons (Fsp3) is 0.571. The van der Waals surface area contributed by atoms with Gasteiger partial charge in [0.1, 0.15) is 5.82 Å². The fourth-order valence-corrected chi connectivity index (χ4v) is 3.01. The number of benzene rings is 1. The summed E-state index contributed by atoms with van der Waals surface area (Å²) in [5, 5.41) is 6.62. The SMILES string of the molecule is CNC(CC1CCNCC1)c1cc(Br)ccc1F. The van der Waals surface area contributed by atoms with Crippen molar-refractivity contribution in [3.63, 3.8) is 0 Å². The Morgan fingerprint density at radius 2 is 2.17 bits per heavy atom. The molecule has 2 nitrogen and oxygen atoms in total. The summed E-state index contributed by atoms with van der Waals surface area (Å²) < 4.78 is 14.8. The molecule has 0 radical (unpaired) electrons. The number of hydrogen-bond acceptors (Lipinski definition) is 2. The summed E-state index contributed by atoms with van der Waals surface area (Å²) in [5.74, 6) is 0.563. The molecule has 0 aromatic heterocycles. The van der Waals surface area contributed by atoms with Crippen molar-refractivity contribution in [1.29, 1.82) is 0 Å². The summed E-state index contributed by atoms with van der Waals surface area (Å²) >= 11 is 3.41. The highest BCUT2D eigenvalue weighted by Crippen LogP contribution is 2.29. The number of rotatable bonds is 4. The Kier molecular flexibility index (Phi) is 5.15. The maximum atomic E-state index is 13.9. The van der Waals surface area contributed by atoms with Crippen LogP contribution in [0, 0.1) is 11.7 Å². The second kappa shape index (κ2) is 6.64. The van der Waals surface area contributed by atoms with Crippen LogP contribution < -0.4 is 10.6 Å². The van der Waals surface area contributed by atoms with Gasteiger partial charge in [-0.15, -0.1) is 0 Å². The zero-order chi connectivity index (χ0) is 13.0. The van der Waals surface area contributed by atoms with Crippen molar-refractivity contribution >= 4 is 15.9 Å². The molecular formula is C14H20BrFN2. The Morgan fingerprint density at radius 3 is 2.83 bits per heavy atom. The van der Waals surface area contributed by atoms with E-state index < -0.39 is 0 Å². The predicted molar refractivity (Wildman–Crippen MR) is 76.1 cm³/mol. The molecule has 0 spiro atoms. The van der Waals surface area contributed by atoms with Crippen molar-refractivity contribution in [2.45, 2.75) is 25.3 Å². The van der Waals surface area contributed by atoms with Crippen molar-refractivity contribution < 1.29 is 4.39 Å². The van der Waals surface area contributed by atoms with Crippen molar-refractivity contribution in [2.75, 3.05) is 20.1 Å². The van der Waals surface area contributed by atoms with Gasteiger partial charge in [0.2, 0.25) is 0 Å². The van der Waals surface area contributed by atoms with Gasteiger partial charge in [-0.1, -0.05) is 15.9 Å². The van der Waals surface area contributed by atoms with Gasteiger partial charge in [0, 0.05) is 16.1 Å². The minimum absolute atomic E-state index is 0.102. The minimum Gasteiger partial charge on any atom is -0.317 e. The first-order valence-corrected chi connectivity index (χ1v) is 7.33. The van der Waals surface area contributed by atoms with Crippen LogP contribution in [0.5, 0.6) is 0 Å². The maximum Gasteiger partial charge on any atom is 0.128 e. The highest BCUT2D eigenvalue weighted by Gasteiger charge is 2.21. The summed E-state index contributed by atoms with van der Waals surface area (Å²) in [6.07, 6.45) is 3.38. The maximum absolute atomic E-state index is 13.9. The monoisotopic (exact) mass is 314 g/mol. The summed E-state index contributed by atoms with van der Waals surface area (Å²) in [4.78, 5) is 0. The molecule has 1 aliphatic heterocycles. The Hall–Kier alpha value is -0.450. The molecule has 0 bridgehead atoms. The quantitative estimate of drug-likeness (QED) is 0.891. The number of hydrogen-bond donors (Lipinski definition) is 2. The lowest BCUT2D eigenvalue weighted by Crippen LogP contribution is -2.30. The molecular weight excluding hydrogens is 295 g/mol. The Labute approximate surface area is 116 Å². The van der Waals surface area contributed by atoms with Crippen molar-refractivity contribution in [3.05, 3.63) is 34.1 Å². The van der Waals surface area contributed by atoms with E-state index in [0.29, 0.717) is 5.92 Å². The largest absolute Gasteiger partial charge is 0.317 e. The fourth-order valence-electron chi connectivity index (χ4n) is 2.63. The van der Waals surface area contributed by atoms with Gasteiger partial charge in [-0.05, 0) is 63.5 Å². The lowest BCUT2D eigenvalue weighted by atomic mass is 9.88. The van der Waals surface area contributed by atoms with Crippen LogP contribution in [0.15, 0.2) is 22.7 Å². The van der Waals surface area contributed by atoms with Crippen molar-refractivity contribution in [2.24, 2.45) is 5.92 Å². The van der Waals surface area contributed by atoms with Crippen LogP contribution in [0.2, 0.25) is 0 Å². The van der Waals surface area contributed by atoms with Gasteiger partial charge in [0.15, 0.2) is 0 Å². The minimum atomic E-state index is -0.119. The van der Waals surface area contributed by atoms with Gasteiger partial charge in [0.05, 0.1) is 0 Å². The topological polar surface area (TPSA) is 24.1 Å². The molecule has 1 saturated heterocycles.